The Morgan fingerprint density at radius 2 is 2.00 bits per heavy atom. The first-order valence-electron chi connectivity index (χ1n) is 4.67. The molecule has 0 spiro atoms. The van der Waals surface area contributed by atoms with Crippen LogP contribution in [0.3, 0.4) is 0 Å². The molecule has 2 saturated heterocycles. The van der Waals surface area contributed by atoms with E-state index in [0.29, 0.717) is 5.92 Å². The van der Waals surface area contributed by atoms with Crippen LogP contribution < -0.4 is 5.32 Å². The van der Waals surface area contributed by atoms with Gasteiger partial charge >= 0.3 is 0 Å². The summed E-state index contributed by atoms with van der Waals surface area (Å²) in [5.74, 6) is 2.38. The van der Waals surface area contributed by atoms with Gasteiger partial charge in [0.05, 0.1) is 6.54 Å². The maximum absolute atomic E-state index is 11.8. The third kappa shape index (κ3) is 1.80. The van der Waals surface area contributed by atoms with Gasteiger partial charge in [-0.2, -0.15) is 0 Å². The van der Waals surface area contributed by atoms with Gasteiger partial charge in [0.1, 0.15) is 0 Å². The summed E-state index contributed by atoms with van der Waals surface area (Å²) in [6, 6.07) is 0. The minimum absolute atomic E-state index is 0.670. The molecule has 4 heteroatoms. The molecule has 2 aliphatic rings. The minimum Gasteiger partial charge on any atom is -0.316 e. The van der Waals surface area contributed by atoms with Crippen LogP contribution >= 0.6 is 0 Å². The molecular formula is C8H16N2OS. The Labute approximate surface area is 74.1 Å². The van der Waals surface area contributed by atoms with Crippen molar-refractivity contribution in [3.05, 3.63) is 0 Å². The normalized spacial score (nSPS) is 28.3. The second kappa shape index (κ2) is 3.34. The summed E-state index contributed by atoms with van der Waals surface area (Å²) in [6.45, 7) is 2.96. The van der Waals surface area contributed by atoms with E-state index in [1.807, 2.05) is 0 Å². The molecule has 0 saturated carbocycles. The molecule has 12 heavy (non-hydrogen) atoms. The van der Waals surface area contributed by atoms with Gasteiger partial charge < -0.3 is 5.32 Å². The highest BCUT2D eigenvalue weighted by molar-refractivity contribution is 7.93. The molecule has 0 unspecified atom stereocenters. The van der Waals surface area contributed by atoms with Crippen LogP contribution in [-0.4, -0.2) is 35.3 Å². The molecule has 0 aromatic heterocycles. The van der Waals surface area contributed by atoms with E-state index < -0.39 is 9.73 Å². The monoisotopic (exact) mass is 188 g/mol. The molecule has 70 valence electrons. The molecule has 0 aromatic carbocycles. The third-order valence-corrected chi connectivity index (χ3v) is 5.08. The Morgan fingerprint density at radius 1 is 1.33 bits per heavy atom. The van der Waals surface area contributed by atoms with Crippen molar-refractivity contribution in [1.82, 2.24) is 5.32 Å². The Balaban J connectivity index is 1.92. The molecule has 0 amide bonds. The molecule has 2 fully saturated rings. The first-order valence-corrected chi connectivity index (χ1v) is 6.53. The number of rotatable bonds is 2. The summed E-state index contributed by atoms with van der Waals surface area (Å²) < 4.78 is 16.2. The van der Waals surface area contributed by atoms with Gasteiger partial charge in [-0.05, 0) is 12.8 Å². The quantitative estimate of drug-likeness (QED) is 0.684. The topological polar surface area (TPSA) is 41.5 Å². The van der Waals surface area contributed by atoms with Gasteiger partial charge in [-0.3, -0.25) is 0 Å². The van der Waals surface area contributed by atoms with Crippen LogP contribution in [0.25, 0.3) is 0 Å². The summed E-state index contributed by atoms with van der Waals surface area (Å²) >= 11 is 0. The van der Waals surface area contributed by atoms with E-state index in [4.69, 9.17) is 0 Å². The van der Waals surface area contributed by atoms with Crippen LogP contribution in [0, 0.1) is 5.92 Å². The summed E-state index contributed by atoms with van der Waals surface area (Å²) in [5.41, 5.74) is 0. The number of hydrogen-bond donors (Lipinski definition) is 1. The van der Waals surface area contributed by atoms with E-state index in [1.165, 1.54) is 0 Å². The predicted octanol–water partition coefficient (Wildman–Crippen LogP) is 0.468. The van der Waals surface area contributed by atoms with Crippen LogP contribution in [-0.2, 0) is 9.73 Å². The SMILES string of the molecule is O=S1(=NCC2CNC2)CCCC1. The van der Waals surface area contributed by atoms with Crippen molar-refractivity contribution >= 4 is 9.73 Å². The van der Waals surface area contributed by atoms with Crippen molar-refractivity contribution in [3.8, 4) is 0 Å². The Bertz CT molecular complexity index is 252. The highest BCUT2D eigenvalue weighted by atomic mass is 32.2. The molecule has 3 nitrogen and oxygen atoms in total. The molecule has 0 aliphatic carbocycles. The molecule has 2 heterocycles. The molecule has 1 N–H and O–H groups in total. The van der Waals surface area contributed by atoms with Crippen LogP contribution in [0.4, 0.5) is 0 Å². The highest BCUT2D eigenvalue weighted by Gasteiger charge is 2.19. The maximum Gasteiger partial charge on any atom is 0.0536 e. The van der Waals surface area contributed by atoms with Gasteiger partial charge in [0.25, 0.3) is 0 Å². The molecule has 0 radical (unpaired) electrons. The number of nitrogens with zero attached hydrogens (tertiary/aromatic N) is 1. The minimum atomic E-state index is -1.73. The Hall–Kier alpha value is -0.0900. The van der Waals surface area contributed by atoms with Gasteiger partial charge in [0.15, 0.2) is 0 Å². The van der Waals surface area contributed by atoms with Gasteiger partial charge in [-0.15, -0.1) is 0 Å². The highest BCUT2D eigenvalue weighted by Crippen LogP contribution is 2.14. The molecule has 2 rings (SSSR count). The van der Waals surface area contributed by atoms with Crippen molar-refractivity contribution in [3.63, 3.8) is 0 Å². The first-order chi connectivity index (χ1) is 5.79. The smallest absolute Gasteiger partial charge is 0.0536 e. The summed E-state index contributed by atoms with van der Waals surface area (Å²) in [7, 11) is -1.73. The lowest BCUT2D eigenvalue weighted by atomic mass is 10.1. The number of nitrogens with one attached hydrogen (secondary N) is 1. The molecule has 0 atom stereocenters. The standard InChI is InChI=1S/C8H16N2OS/c11-12(3-1-2-4-12)10-7-8-5-9-6-8/h8-9H,1-7H2. The average molecular weight is 188 g/mol. The summed E-state index contributed by atoms with van der Waals surface area (Å²) in [4.78, 5) is 0. The Morgan fingerprint density at radius 3 is 2.50 bits per heavy atom. The van der Waals surface area contributed by atoms with E-state index in [0.717, 1.165) is 44.0 Å². The molecule has 0 aromatic rings. The van der Waals surface area contributed by atoms with Gasteiger partial charge in [-0.25, -0.2) is 8.57 Å². The van der Waals surface area contributed by atoms with Crippen LogP contribution in [0.1, 0.15) is 12.8 Å². The van der Waals surface area contributed by atoms with E-state index in [1.54, 1.807) is 0 Å². The van der Waals surface area contributed by atoms with E-state index in [-0.39, 0.29) is 0 Å². The summed E-state index contributed by atoms with van der Waals surface area (Å²) in [6.07, 6.45) is 2.23. The average Bonchev–Trinajstić information content (AvgIpc) is 2.33. The van der Waals surface area contributed by atoms with E-state index >= 15 is 0 Å². The largest absolute Gasteiger partial charge is 0.316 e. The van der Waals surface area contributed by atoms with Crippen LogP contribution in [0.5, 0.6) is 0 Å². The van der Waals surface area contributed by atoms with Crippen LogP contribution in [0.15, 0.2) is 4.36 Å². The first kappa shape index (κ1) is 8.51. The van der Waals surface area contributed by atoms with Gasteiger partial charge in [0.2, 0.25) is 0 Å². The van der Waals surface area contributed by atoms with Crippen molar-refractivity contribution in [2.75, 3.05) is 31.1 Å². The second-order valence-corrected chi connectivity index (χ2v) is 6.34. The zero-order chi connectivity index (χ0) is 8.44. The molecular weight excluding hydrogens is 172 g/mol. The van der Waals surface area contributed by atoms with Crippen LogP contribution in [0.2, 0.25) is 0 Å². The zero-order valence-corrected chi connectivity index (χ0v) is 8.11. The second-order valence-electron chi connectivity index (χ2n) is 3.72. The Kier molecular flexibility index (Phi) is 2.37. The van der Waals surface area contributed by atoms with Crippen molar-refractivity contribution in [2.24, 2.45) is 10.3 Å². The van der Waals surface area contributed by atoms with Gasteiger partial charge in [0, 0.05) is 40.2 Å². The van der Waals surface area contributed by atoms with Crippen molar-refractivity contribution in [1.29, 1.82) is 0 Å². The fourth-order valence-electron chi connectivity index (χ4n) is 1.61. The lowest BCUT2D eigenvalue weighted by Crippen LogP contribution is -2.43. The fraction of sp³-hybridized carbons (Fsp3) is 1.00. The van der Waals surface area contributed by atoms with E-state index in [9.17, 15) is 4.21 Å². The predicted molar refractivity (Wildman–Crippen MR) is 50.8 cm³/mol. The lowest BCUT2D eigenvalue weighted by molar-refractivity contribution is 0.359. The van der Waals surface area contributed by atoms with Crippen molar-refractivity contribution < 1.29 is 4.21 Å². The van der Waals surface area contributed by atoms with Crippen molar-refractivity contribution in [2.45, 2.75) is 12.8 Å². The number of hydrogen-bond acceptors (Lipinski definition) is 3. The fourth-order valence-corrected chi connectivity index (χ4v) is 3.86. The maximum atomic E-state index is 11.8. The van der Waals surface area contributed by atoms with Gasteiger partial charge in [-0.1, -0.05) is 0 Å². The molecule has 2 aliphatic heterocycles. The lowest BCUT2D eigenvalue weighted by Gasteiger charge is -2.25. The zero-order valence-electron chi connectivity index (χ0n) is 7.29. The third-order valence-electron chi connectivity index (χ3n) is 2.61. The summed E-state index contributed by atoms with van der Waals surface area (Å²) in [5, 5.41) is 3.20. The molecule has 0 bridgehead atoms. The van der Waals surface area contributed by atoms with E-state index in [2.05, 4.69) is 9.68 Å².